The van der Waals surface area contributed by atoms with Crippen molar-refractivity contribution in [1.29, 1.82) is 0 Å². The molecule has 0 saturated carbocycles. The summed E-state index contributed by atoms with van der Waals surface area (Å²) >= 11 is 0. The van der Waals surface area contributed by atoms with Crippen LogP contribution in [0.2, 0.25) is 0 Å². The van der Waals surface area contributed by atoms with Gasteiger partial charge in [-0.2, -0.15) is 5.10 Å². The molecule has 0 amide bonds. The van der Waals surface area contributed by atoms with Crippen LogP contribution in [-0.2, 0) is 13.6 Å². The van der Waals surface area contributed by atoms with Crippen molar-refractivity contribution < 1.29 is 0 Å². The summed E-state index contributed by atoms with van der Waals surface area (Å²) in [6, 6.07) is 10.6. The predicted molar refractivity (Wildman–Crippen MR) is 71.1 cm³/mol. The van der Waals surface area contributed by atoms with Crippen molar-refractivity contribution in [2.45, 2.75) is 26.3 Å². The highest BCUT2D eigenvalue weighted by Gasteiger charge is 2.01. The van der Waals surface area contributed by atoms with Gasteiger partial charge in [0, 0.05) is 18.9 Å². The van der Waals surface area contributed by atoms with Gasteiger partial charge >= 0.3 is 0 Å². The fourth-order valence-corrected chi connectivity index (χ4v) is 1.78. The molecule has 0 fully saturated rings. The number of aryl methyl sites for hydroxylation is 1. The van der Waals surface area contributed by atoms with Gasteiger partial charge in [-0.05, 0) is 29.7 Å². The molecule has 3 nitrogen and oxygen atoms in total. The standard InChI is InChI=1S/C14H19N3/c1-11(2)12-5-4-6-13(9-12)15-10-14-7-8-16-17(14)3/h4-9,11,15H,10H2,1-3H3. The van der Waals surface area contributed by atoms with Crippen molar-refractivity contribution in [3.8, 4) is 0 Å². The van der Waals surface area contributed by atoms with Crippen LogP contribution in [0.5, 0.6) is 0 Å². The van der Waals surface area contributed by atoms with E-state index in [-0.39, 0.29) is 0 Å². The van der Waals surface area contributed by atoms with Crippen molar-refractivity contribution in [2.75, 3.05) is 5.32 Å². The molecule has 0 atom stereocenters. The second-order valence-electron chi connectivity index (χ2n) is 4.58. The summed E-state index contributed by atoms with van der Waals surface area (Å²) in [5, 5.41) is 7.57. The first-order chi connectivity index (χ1) is 8.16. The molecule has 1 N–H and O–H groups in total. The van der Waals surface area contributed by atoms with E-state index in [9.17, 15) is 0 Å². The zero-order valence-corrected chi connectivity index (χ0v) is 10.6. The van der Waals surface area contributed by atoms with Gasteiger partial charge in [0.05, 0.1) is 12.2 Å². The summed E-state index contributed by atoms with van der Waals surface area (Å²) in [5.41, 5.74) is 3.71. The molecule has 0 aliphatic carbocycles. The smallest absolute Gasteiger partial charge is 0.0571 e. The summed E-state index contributed by atoms with van der Waals surface area (Å²) in [7, 11) is 1.96. The third-order valence-corrected chi connectivity index (χ3v) is 2.95. The van der Waals surface area contributed by atoms with Gasteiger partial charge in [0.1, 0.15) is 0 Å². The number of hydrogen-bond acceptors (Lipinski definition) is 2. The Labute approximate surface area is 102 Å². The van der Waals surface area contributed by atoms with E-state index in [1.165, 1.54) is 11.3 Å². The maximum Gasteiger partial charge on any atom is 0.0571 e. The average Bonchev–Trinajstić information content (AvgIpc) is 2.72. The van der Waals surface area contributed by atoms with Crippen LogP contribution in [-0.4, -0.2) is 9.78 Å². The van der Waals surface area contributed by atoms with Crippen molar-refractivity contribution in [2.24, 2.45) is 7.05 Å². The van der Waals surface area contributed by atoms with Crippen LogP contribution in [0.4, 0.5) is 5.69 Å². The minimum Gasteiger partial charge on any atom is -0.379 e. The van der Waals surface area contributed by atoms with Gasteiger partial charge in [0.2, 0.25) is 0 Å². The second-order valence-corrected chi connectivity index (χ2v) is 4.58. The molecule has 0 saturated heterocycles. The summed E-state index contributed by atoms with van der Waals surface area (Å²) < 4.78 is 1.89. The monoisotopic (exact) mass is 229 g/mol. The van der Waals surface area contributed by atoms with E-state index < -0.39 is 0 Å². The largest absolute Gasteiger partial charge is 0.379 e. The highest BCUT2D eigenvalue weighted by atomic mass is 15.3. The zero-order valence-electron chi connectivity index (χ0n) is 10.6. The van der Waals surface area contributed by atoms with Crippen LogP contribution in [0.1, 0.15) is 31.0 Å². The van der Waals surface area contributed by atoms with Crippen LogP contribution in [0.25, 0.3) is 0 Å². The van der Waals surface area contributed by atoms with Crippen LogP contribution in [0.3, 0.4) is 0 Å². The van der Waals surface area contributed by atoms with Crippen molar-refractivity contribution in [3.05, 3.63) is 47.8 Å². The zero-order chi connectivity index (χ0) is 12.3. The normalized spacial score (nSPS) is 10.8. The second kappa shape index (κ2) is 5.04. The molecule has 1 aromatic carbocycles. The molecule has 0 aliphatic rings. The number of rotatable bonds is 4. The molecule has 0 radical (unpaired) electrons. The lowest BCUT2D eigenvalue weighted by Crippen LogP contribution is -2.05. The van der Waals surface area contributed by atoms with Crippen molar-refractivity contribution in [1.82, 2.24) is 9.78 Å². The first-order valence-electron chi connectivity index (χ1n) is 5.97. The van der Waals surface area contributed by atoms with E-state index >= 15 is 0 Å². The van der Waals surface area contributed by atoms with Crippen molar-refractivity contribution in [3.63, 3.8) is 0 Å². The Morgan fingerprint density at radius 2 is 2.12 bits per heavy atom. The molecule has 1 heterocycles. The third-order valence-electron chi connectivity index (χ3n) is 2.95. The summed E-state index contributed by atoms with van der Waals surface area (Å²) in [6.45, 7) is 5.22. The molecule has 2 aromatic rings. The summed E-state index contributed by atoms with van der Waals surface area (Å²) in [4.78, 5) is 0. The molecule has 90 valence electrons. The maximum atomic E-state index is 4.15. The first-order valence-corrected chi connectivity index (χ1v) is 5.97. The number of anilines is 1. The Morgan fingerprint density at radius 3 is 2.76 bits per heavy atom. The van der Waals surface area contributed by atoms with Gasteiger partial charge in [-0.15, -0.1) is 0 Å². The molecule has 0 bridgehead atoms. The van der Waals surface area contributed by atoms with E-state index in [1.54, 1.807) is 0 Å². The molecular weight excluding hydrogens is 210 g/mol. The Balaban J connectivity index is 2.04. The predicted octanol–water partition coefficient (Wildman–Crippen LogP) is 3.16. The number of nitrogens with zero attached hydrogens (tertiary/aromatic N) is 2. The van der Waals surface area contributed by atoms with Crippen molar-refractivity contribution >= 4 is 5.69 Å². The fraction of sp³-hybridized carbons (Fsp3) is 0.357. The number of nitrogens with one attached hydrogen (secondary N) is 1. The molecule has 0 unspecified atom stereocenters. The third kappa shape index (κ3) is 2.87. The van der Waals surface area contributed by atoms with Crippen LogP contribution in [0.15, 0.2) is 36.5 Å². The van der Waals surface area contributed by atoms with Gasteiger partial charge in [-0.25, -0.2) is 0 Å². The lowest BCUT2D eigenvalue weighted by Gasteiger charge is -2.10. The van der Waals surface area contributed by atoms with E-state index in [0.29, 0.717) is 5.92 Å². The van der Waals surface area contributed by atoms with E-state index in [1.807, 2.05) is 24.0 Å². The van der Waals surface area contributed by atoms with Gasteiger partial charge in [-0.3, -0.25) is 4.68 Å². The van der Waals surface area contributed by atoms with Crippen LogP contribution < -0.4 is 5.32 Å². The Morgan fingerprint density at radius 1 is 1.29 bits per heavy atom. The molecule has 17 heavy (non-hydrogen) atoms. The molecule has 0 spiro atoms. The van der Waals surface area contributed by atoms with Crippen LogP contribution in [0, 0.1) is 0 Å². The average molecular weight is 229 g/mol. The van der Waals surface area contributed by atoms with Gasteiger partial charge in [-0.1, -0.05) is 26.0 Å². The highest BCUT2D eigenvalue weighted by molar-refractivity contribution is 5.46. The van der Waals surface area contributed by atoms with E-state index in [2.05, 4.69) is 48.5 Å². The molecular formula is C14H19N3. The lowest BCUT2D eigenvalue weighted by molar-refractivity contribution is 0.720. The van der Waals surface area contributed by atoms with E-state index in [4.69, 9.17) is 0 Å². The topological polar surface area (TPSA) is 29.9 Å². The lowest BCUT2D eigenvalue weighted by atomic mass is 10.0. The minimum atomic E-state index is 0.563. The number of hydrogen-bond donors (Lipinski definition) is 1. The molecule has 1 aromatic heterocycles. The first kappa shape index (κ1) is 11.7. The van der Waals surface area contributed by atoms with Gasteiger partial charge in [0.25, 0.3) is 0 Å². The Bertz CT molecular complexity index is 486. The van der Waals surface area contributed by atoms with Gasteiger partial charge < -0.3 is 5.32 Å². The Kier molecular flexibility index (Phi) is 3.47. The SMILES string of the molecule is CC(C)c1cccc(NCc2ccnn2C)c1. The maximum absolute atomic E-state index is 4.15. The van der Waals surface area contributed by atoms with E-state index in [0.717, 1.165) is 12.2 Å². The van der Waals surface area contributed by atoms with Crippen LogP contribution >= 0.6 is 0 Å². The summed E-state index contributed by atoms with van der Waals surface area (Å²) in [5.74, 6) is 0.563. The Hall–Kier alpha value is -1.77. The fourth-order valence-electron chi connectivity index (χ4n) is 1.78. The summed E-state index contributed by atoms with van der Waals surface area (Å²) in [6.07, 6.45) is 1.82. The van der Waals surface area contributed by atoms with Gasteiger partial charge in [0.15, 0.2) is 0 Å². The molecule has 2 rings (SSSR count). The quantitative estimate of drug-likeness (QED) is 0.872. The minimum absolute atomic E-state index is 0.563. The highest BCUT2D eigenvalue weighted by Crippen LogP contribution is 2.18. The number of aromatic nitrogens is 2. The number of benzene rings is 1. The molecule has 0 aliphatic heterocycles. The molecule has 3 heteroatoms.